The molecular formula is C15H31N3. The van der Waals surface area contributed by atoms with Gasteiger partial charge in [0, 0.05) is 25.2 Å². The van der Waals surface area contributed by atoms with Gasteiger partial charge in [-0.25, -0.2) is 0 Å². The summed E-state index contributed by atoms with van der Waals surface area (Å²) in [6, 6.07) is 1.45. The first-order chi connectivity index (χ1) is 8.81. The fourth-order valence-electron chi connectivity index (χ4n) is 3.62. The molecule has 0 aromatic rings. The summed E-state index contributed by atoms with van der Waals surface area (Å²) < 4.78 is 0. The van der Waals surface area contributed by atoms with Crippen molar-refractivity contribution in [2.24, 2.45) is 0 Å². The molecule has 1 heterocycles. The maximum absolute atomic E-state index is 3.55. The zero-order chi connectivity index (χ0) is 12.8. The molecule has 0 aromatic carbocycles. The fraction of sp³-hybridized carbons (Fsp3) is 1.00. The normalized spacial score (nSPS) is 30.8. The molecule has 0 spiro atoms. The first-order valence-electron chi connectivity index (χ1n) is 7.91. The second-order valence-electron chi connectivity index (χ2n) is 6.13. The molecule has 1 saturated heterocycles. The Hall–Kier alpha value is -0.120. The van der Waals surface area contributed by atoms with Crippen LogP contribution in [0.4, 0.5) is 0 Å². The quantitative estimate of drug-likeness (QED) is 0.755. The summed E-state index contributed by atoms with van der Waals surface area (Å²) in [6.45, 7) is 5.16. The molecule has 2 atom stereocenters. The predicted molar refractivity (Wildman–Crippen MR) is 78.0 cm³/mol. The minimum Gasteiger partial charge on any atom is -0.315 e. The number of rotatable bonds is 5. The summed E-state index contributed by atoms with van der Waals surface area (Å²) in [7, 11) is 4.47. The lowest BCUT2D eigenvalue weighted by atomic mass is 10.0. The lowest BCUT2D eigenvalue weighted by molar-refractivity contribution is 0.165. The van der Waals surface area contributed by atoms with Crippen LogP contribution in [0.1, 0.15) is 44.9 Å². The second-order valence-corrected chi connectivity index (χ2v) is 6.13. The van der Waals surface area contributed by atoms with E-state index in [0.29, 0.717) is 6.04 Å². The van der Waals surface area contributed by atoms with E-state index in [1.807, 2.05) is 0 Å². The molecule has 3 nitrogen and oxygen atoms in total. The maximum Gasteiger partial charge on any atom is 0.0246 e. The summed E-state index contributed by atoms with van der Waals surface area (Å²) in [5, 5.41) is 3.55. The minimum atomic E-state index is 0.705. The van der Waals surface area contributed by atoms with Crippen LogP contribution in [0, 0.1) is 0 Å². The third-order valence-electron chi connectivity index (χ3n) is 4.88. The molecule has 1 aliphatic carbocycles. The molecule has 0 aromatic heterocycles. The number of hydrogen-bond acceptors (Lipinski definition) is 3. The Kier molecular flexibility index (Phi) is 5.93. The third-order valence-corrected chi connectivity index (χ3v) is 4.88. The van der Waals surface area contributed by atoms with Gasteiger partial charge in [-0.2, -0.15) is 0 Å². The summed E-state index contributed by atoms with van der Waals surface area (Å²) in [5.74, 6) is 0. The van der Waals surface area contributed by atoms with Crippen LogP contribution in [0.5, 0.6) is 0 Å². The van der Waals surface area contributed by atoms with E-state index in [9.17, 15) is 0 Å². The van der Waals surface area contributed by atoms with Crippen molar-refractivity contribution in [1.82, 2.24) is 15.1 Å². The standard InChI is InChI=1S/C15H31N3/c1-16-14-8-4-3-5-9-15(14)17(2)12-13-18-10-6-7-11-18/h14-16H,3-13H2,1-2H3. The van der Waals surface area contributed by atoms with Crippen LogP contribution in [0.3, 0.4) is 0 Å². The zero-order valence-electron chi connectivity index (χ0n) is 12.3. The van der Waals surface area contributed by atoms with E-state index >= 15 is 0 Å². The fourth-order valence-corrected chi connectivity index (χ4v) is 3.62. The summed E-state index contributed by atoms with van der Waals surface area (Å²) in [6.07, 6.45) is 9.79. The van der Waals surface area contributed by atoms with Crippen molar-refractivity contribution in [1.29, 1.82) is 0 Å². The third kappa shape index (κ3) is 3.94. The number of nitrogens with zero attached hydrogens (tertiary/aromatic N) is 2. The van der Waals surface area contributed by atoms with Crippen LogP contribution < -0.4 is 5.32 Å². The Morgan fingerprint density at radius 2 is 1.78 bits per heavy atom. The van der Waals surface area contributed by atoms with Gasteiger partial charge in [0.2, 0.25) is 0 Å². The molecule has 3 heteroatoms. The summed E-state index contributed by atoms with van der Waals surface area (Å²) >= 11 is 0. The molecule has 0 amide bonds. The molecule has 1 saturated carbocycles. The van der Waals surface area contributed by atoms with Gasteiger partial charge in [-0.05, 0) is 52.9 Å². The Balaban J connectivity index is 1.78. The van der Waals surface area contributed by atoms with Gasteiger partial charge in [0.25, 0.3) is 0 Å². The molecule has 0 bridgehead atoms. The van der Waals surface area contributed by atoms with Crippen LogP contribution in [0.25, 0.3) is 0 Å². The molecule has 1 aliphatic heterocycles. The highest BCUT2D eigenvalue weighted by Gasteiger charge is 2.26. The molecule has 18 heavy (non-hydrogen) atoms. The van der Waals surface area contributed by atoms with E-state index in [-0.39, 0.29) is 0 Å². The number of hydrogen-bond donors (Lipinski definition) is 1. The average Bonchev–Trinajstić information content (AvgIpc) is 2.79. The number of nitrogens with one attached hydrogen (secondary N) is 1. The molecule has 2 aliphatic rings. The molecule has 2 fully saturated rings. The van der Waals surface area contributed by atoms with E-state index in [0.717, 1.165) is 6.04 Å². The van der Waals surface area contributed by atoms with Crippen molar-refractivity contribution < 1.29 is 0 Å². The summed E-state index contributed by atoms with van der Waals surface area (Å²) in [5.41, 5.74) is 0. The lowest BCUT2D eigenvalue weighted by Crippen LogP contribution is -2.48. The lowest BCUT2D eigenvalue weighted by Gasteiger charge is -2.34. The minimum absolute atomic E-state index is 0.705. The summed E-state index contributed by atoms with van der Waals surface area (Å²) in [4.78, 5) is 5.24. The molecule has 0 radical (unpaired) electrons. The van der Waals surface area contributed by atoms with Gasteiger partial charge in [0.1, 0.15) is 0 Å². The highest BCUT2D eigenvalue weighted by atomic mass is 15.2. The highest BCUT2D eigenvalue weighted by Crippen LogP contribution is 2.21. The van der Waals surface area contributed by atoms with Crippen LogP contribution in [0.2, 0.25) is 0 Å². The van der Waals surface area contributed by atoms with E-state index in [1.165, 1.54) is 71.1 Å². The predicted octanol–water partition coefficient (Wildman–Crippen LogP) is 1.93. The van der Waals surface area contributed by atoms with Crippen molar-refractivity contribution in [2.45, 2.75) is 57.0 Å². The topological polar surface area (TPSA) is 18.5 Å². The SMILES string of the molecule is CNC1CCCCCC1N(C)CCN1CCCC1. The van der Waals surface area contributed by atoms with Crippen molar-refractivity contribution in [3.8, 4) is 0 Å². The van der Waals surface area contributed by atoms with Gasteiger partial charge in [0.05, 0.1) is 0 Å². The smallest absolute Gasteiger partial charge is 0.0246 e. The molecule has 1 N–H and O–H groups in total. The van der Waals surface area contributed by atoms with E-state index in [2.05, 4.69) is 29.2 Å². The van der Waals surface area contributed by atoms with E-state index in [4.69, 9.17) is 0 Å². The number of likely N-dealkylation sites (N-methyl/N-ethyl adjacent to an activating group) is 2. The van der Waals surface area contributed by atoms with Crippen molar-refractivity contribution >= 4 is 0 Å². The van der Waals surface area contributed by atoms with E-state index < -0.39 is 0 Å². The van der Waals surface area contributed by atoms with Gasteiger partial charge < -0.3 is 15.1 Å². The van der Waals surface area contributed by atoms with Crippen molar-refractivity contribution in [3.63, 3.8) is 0 Å². The highest BCUT2D eigenvalue weighted by molar-refractivity contribution is 4.85. The Labute approximate surface area is 113 Å². The second kappa shape index (κ2) is 7.46. The Bertz CT molecular complexity index is 226. The number of likely N-dealkylation sites (tertiary alicyclic amines) is 1. The molecule has 106 valence electrons. The monoisotopic (exact) mass is 253 g/mol. The molecule has 2 rings (SSSR count). The van der Waals surface area contributed by atoms with Gasteiger partial charge in [0.15, 0.2) is 0 Å². The van der Waals surface area contributed by atoms with Crippen LogP contribution in [0.15, 0.2) is 0 Å². The van der Waals surface area contributed by atoms with Crippen molar-refractivity contribution in [3.05, 3.63) is 0 Å². The first-order valence-corrected chi connectivity index (χ1v) is 7.91. The van der Waals surface area contributed by atoms with E-state index in [1.54, 1.807) is 0 Å². The Morgan fingerprint density at radius 1 is 1.06 bits per heavy atom. The first kappa shape index (κ1) is 14.3. The van der Waals surface area contributed by atoms with Gasteiger partial charge >= 0.3 is 0 Å². The van der Waals surface area contributed by atoms with Gasteiger partial charge in [-0.3, -0.25) is 0 Å². The Morgan fingerprint density at radius 3 is 2.50 bits per heavy atom. The molecule has 2 unspecified atom stereocenters. The van der Waals surface area contributed by atoms with Crippen LogP contribution >= 0.6 is 0 Å². The van der Waals surface area contributed by atoms with Crippen molar-refractivity contribution in [2.75, 3.05) is 40.3 Å². The van der Waals surface area contributed by atoms with Crippen LogP contribution in [-0.2, 0) is 0 Å². The average molecular weight is 253 g/mol. The maximum atomic E-state index is 3.55. The van der Waals surface area contributed by atoms with Gasteiger partial charge in [-0.15, -0.1) is 0 Å². The van der Waals surface area contributed by atoms with Gasteiger partial charge in [-0.1, -0.05) is 19.3 Å². The molecular weight excluding hydrogens is 222 g/mol. The largest absolute Gasteiger partial charge is 0.315 e. The van der Waals surface area contributed by atoms with Crippen LogP contribution in [-0.4, -0.2) is 62.2 Å². The zero-order valence-corrected chi connectivity index (χ0v) is 12.3.